The molecule has 3 aromatic rings. The molecule has 0 radical (unpaired) electrons. The van der Waals surface area contributed by atoms with E-state index in [4.69, 9.17) is 18.6 Å². The quantitative estimate of drug-likeness (QED) is 0.296. The molecule has 0 spiro atoms. The summed E-state index contributed by atoms with van der Waals surface area (Å²) in [4.78, 5) is 30.3. The first-order chi connectivity index (χ1) is 18.9. The Morgan fingerprint density at radius 2 is 1.79 bits per heavy atom. The standard InChI is InChI=1S/C30H37N3O6/c1-4-23-8-6-9-25(16-23)31-30(35)32(14-7-15-36-5-2)20-29(34)33(19-26-12-10-22(3)39-26)18-24-11-13-27-28(17-24)38-21-37-27/h6,8-13,16-17H,4-5,7,14-15,18-21H2,1-3H3,(H,31,35). The van der Waals surface area contributed by atoms with E-state index in [9.17, 15) is 9.59 Å². The van der Waals surface area contributed by atoms with Gasteiger partial charge >= 0.3 is 6.03 Å². The fraction of sp³-hybridized carbons (Fsp3) is 0.400. The number of carbonyl (C=O) groups excluding carboxylic acids is 2. The van der Waals surface area contributed by atoms with E-state index in [0.717, 1.165) is 23.3 Å². The summed E-state index contributed by atoms with van der Waals surface area (Å²) in [5, 5.41) is 2.96. The van der Waals surface area contributed by atoms with Crippen molar-refractivity contribution in [1.82, 2.24) is 9.80 Å². The lowest BCUT2D eigenvalue weighted by Gasteiger charge is -2.28. The van der Waals surface area contributed by atoms with Crippen molar-refractivity contribution >= 4 is 17.6 Å². The predicted octanol–water partition coefficient (Wildman–Crippen LogP) is 5.37. The number of urea groups is 1. The summed E-state index contributed by atoms with van der Waals surface area (Å²) in [5.74, 6) is 2.58. The van der Waals surface area contributed by atoms with Crippen LogP contribution in [0.2, 0.25) is 0 Å². The number of rotatable bonds is 13. The van der Waals surface area contributed by atoms with Gasteiger partial charge in [0.05, 0.1) is 6.54 Å². The second-order valence-electron chi connectivity index (χ2n) is 9.41. The minimum absolute atomic E-state index is 0.0876. The summed E-state index contributed by atoms with van der Waals surface area (Å²) in [6, 6.07) is 16.8. The Morgan fingerprint density at radius 1 is 0.949 bits per heavy atom. The second-order valence-corrected chi connectivity index (χ2v) is 9.41. The molecule has 1 N–H and O–H groups in total. The maximum atomic E-state index is 13.7. The molecule has 3 amide bonds. The lowest BCUT2D eigenvalue weighted by molar-refractivity contribution is -0.133. The SMILES string of the molecule is CCOCCCN(CC(=O)N(Cc1ccc2c(c1)OCO2)Cc1ccc(C)o1)C(=O)Nc1cccc(CC)c1. The molecular formula is C30H37N3O6. The maximum absolute atomic E-state index is 13.7. The van der Waals surface area contributed by atoms with Crippen molar-refractivity contribution in [3.8, 4) is 11.5 Å². The van der Waals surface area contributed by atoms with E-state index in [-0.39, 0.29) is 31.8 Å². The number of nitrogens with one attached hydrogen (secondary N) is 1. The molecule has 0 saturated heterocycles. The third kappa shape index (κ3) is 8.00. The second kappa shape index (κ2) is 13.7. The van der Waals surface area contributed by atoms with Gasteiger partial charge in [0.2, 0.25) is 12.7 Å². The number of anilines is 1. The van der Waals surface area contributed by atoms with Crippen LogP contribution in [0, 0.1) is 6.92 Å². The molecule has 0 unspecified atom stereocenters. The lowest BCUT2D eigenvalue weighted by atomic mass is 10.1. The van der Waals surface area contributed by atoms with Crippen LogP contribution >= 0.6 is 0 Å². The monoisotopic (exact) mass is 535 g/mol. The average molecular weight is 536 g/mol. The average Bonchev–Trinajstić information content (AvgIpc) is 3.58. The Balaban J connectivity index is 1.51. The Hall–Kier alpha value is -3.98. The lowest BCUT2D eigenvalue weighted by Crippen LogP contribution is -2.44. The van der Waals surface area contributed by atoms with Gasteiger partial charge in [0.25, 0.3) is 0 Å². The Labute approximate surface area is 229 Å². The van der Waals surface area contributed by atoms with Gasteiger partial charge in [0.1, 0.15) is 18.1 Å². The maximum Gasteiger partial charge on any atom is 0.322 e. The Morgan fingerprint density at radius 3 is 2.56 bits per heavy atom. The van der Waals surface area contributed by atoms with Gasteiger partial charge in [-0.2, -0.15) is 0 Å². The van der Waals surface area contributed by atoms with E-state index in [1.165, 1.54) is 0 Å². The Bertz CT molecular complexity index is 1260. The van der Waals surface area contributed by atoms with Gasteiger partial charge in [0, 0.05) is 32.0 Å². The van der Waals surface area contributed by atoms with Crippen LogP contribution in [0.15, 0.2) is 59.0 Å². The number of benzene rings is 2. The van der Waals surface area contributed by atoms with Crippen molar-refractivity contribution in [2.24, 2.45) is 0 Å². The molecule has 4 rings (SSSR count). The first-order valence-electron chi connectivity index (χ1n) is 13.4. The van der Waals surface area contributed by atoms with Crippen molar-refractivity contribution in [1.29, 1.82) is 0 Å². The number of hydrogen-bond acceptors (Lipinski definition) is 6. The highest BCUT2D eigenvalue weighted by atomic mass is 16.7. The molecule has 0 saturated carbocycles. The van der Waals surface area contributed by atoms with Crippen LogP contribution in [0.4, 0.5) is 10.5 Å². The molecule has 208 valence electrons. The van der Waals surface area contributed by atoms with E-state index in [1.807, 2.05) is 68.4 Å². The summed E-state index contributed by atoms with van der Waals surface area (Å²) in [7, 11) is 0. The zero-order chi connectivity index (χ0) is 27.6. The van der Waals surface area contributed by atoms with Gasteiger partial charge in [-0.25, -0.2) is 4.79 Å². The molecule has 9 nitrogen and oxygen atoms in total. The highest BCUT2D eigenvalue weighted by Crippen LogP contribution is 2.33. The molecular weight excluding hydrogens is 498 g/mol. The van der Waals surface area contributed by atoms with Gasteiger partial charge in [-0.15, -0.1) is 0 Å². The molecule has 39 heavy (non-hydrogen) atoms. The molecule has 9 heteroatoms. The molecule has 0 bridgehead atoms. The number of carbonyl (C=O) groups is 2. The number of furan rings is 1. The van der Waals surface area contributed by atoms with Crippen LogP contribution < -0.4 is 14.8 Å². The third-order valence-electron chi connectivity index (χ3n) is 6.43. The van der Waals surface area contributed by atoms with Gasteiger partial charge in [0.15, 0.2) is 11.5 Å². The first-order valence-corrected chi connectivity index (χ1v) is 13.4. The van der Waals surface area contributed by atoms with Crippen LogP contribution in [-0.4, -0.2) is 54.8 Å². The number of nitrogens with zero attached hydrogens (tertiary/aromatic N) is 2. The van der Waals surface area contributed by atoms with Crippen LogP contribution in [0.5, 0.6) is 11.5 Å². The molecule has 0 atom stereocenters. The van der Waals surface area contributed by atoms with Crippen molar-refractivity contribution < 1.29 is 28.2 Å². The Kier molecular flexibility index (Phi) is 9.85. The zero-order valence-corrected chi connectivity index (χ0v) is 22.9. The fourth-order valence-corrected chi connectivity index (χ4v) is 4.34. The van der Waals surface area contributed by atoms with Gasteiger partial charge in [-0.1, -0.05) is 25.1 Å². The topological polar surface area (TPSA) is 93.5 Å². The van der Waals surface area contributed by atoms with Crippen LogP contribution in [0.3, 0.4) is 0 Å². The van der Waals surface area contributed by atoms with Crippen molar-refractivity contribution in [2.45, 2.75) is 46.7 Å². The molecule has 0 aliphatic carbocycles. The summed E-state index contributed by atoms with van der Waals surface area (Å²) in [5.41, 5.74) is 2.71. The minimum Gasteiger partial charge on any atom is -0.464 e. The predicted molar refractivity (Wildman–Crippen MR) is 148 cm³/mol. The summed E-state index contributed by atoms with van der Waals surface area (Å²) in [6.45, 7) is 8.03. The summed E-state index contributed by atoms with van der Waals surface area (Å²) >= 11 is 0. The first kappa shape index (κ1) is 28.0. The van der Waals surface area contributed by atoms with Crippen LogP contribution in [0.25, 0.3) is 0 Å². The number of fused-ring (bicyclic) bond motifs is 1. The largest absolute Gasteiger partial charge is 0.464 e. The van der Waals surface area contributed by atoms with Crippen LogP contribution in [0.1, 0.15) is 42.9 Å². The number of amides is 3. The molecule has 2 heterocycles. The molecule has 2 aromatic carbocycles. The molecule has 0 fully saturated rings. The van der Waals surface area contributed by atoms with Crippen molar-refractivity contribution in [2.75, 3.05) is 38.4 Å². The highest BCUT2D eigenvalue weighted by molar-refractivity contribution is 5.92. The number of hydrogen-bond donors (Lipinski definition) is 1. The summed E-state index contributed by atoms with van der Waals surface area (Å²) < 4.78 is 22.2. The van der Waals surface area contributed by atoms with E-state index < -0.39 is 0 Å². The summed E-state index contributed by atoms with van der Waals surface area (Å²) in [6.07, 6.45) is 1.48. The molecule has 1 aromatic heterocycles. The third-order valence-corrected chi connectivity index (χ3v) is 6.43. The van der Waals surface area contributed by atoms with E-state index in [2.05, 4.69) is 12.2 Å². The molecule has 1 aliphatic rings. The highest BCUT2D eigenvalue weighted by Gasteiger charge is 2.24. The molecule has 1 aliphatic heterocycles. The van der Waals surface area contributed by atoms with E-state index >= 15 is 0 Å². The minimum atomic E-state index is -0.329. The van der Waals surface area contributed by atoms with Gasteiger partial charge in [-0.3, -0.25) is 4.79 Å². The smallest absolute Gasteiger partial charge is 0.322 e. The number of ether oxygens (including phenoxy) is 3. The number of aryl methyl sites for hydroxylation is 2. The van der Waals surface area contributed by atoms with Crippen molar-refractivity contribution in [3.63, 3.8) is 0 Å². The van der Waals surface area contributed by atoms with E-state index in [0.29, 0.717) is 55.7 Å². The van der Waals surface area contributed by atoms with Gasteiger partial charge < -0.3 is 33.7 Å². The van der Waals surface area contributed by atoms with Crippen LogP contribution in [-0.2, 0) is 29.0 Å². The van der Waals surface area contributed by atoms with E-state index in [1.54, 1.807) is 9.80 Å². The fourth-order valence-electron chi connectivity index (χ4n) is 4.34. The normalized spacial score (nSPS) is 11.9. The van der Waals surface area contributed by atoms with Gasteiger partial charge in [-0.05, 0) is 74.2 Å². The van der Waals surface area contributed by atoms with Crippen molar-refractivity contribution in [3.05, 3.63) is 77.2 Å². The zero-order valence-electron chi connectivity index (χ0n) is 22.9.